The van der Waals surface area contributed by atoms with Crippen LogP contribution in [0.2, 0.25) is 0 Å². The first kappa shape index (κ1) is 24.8. The highest BCUT2D eigenvalue weighted by Crippen LogP contribution is 2.41. The Morgan fingerprint density at radius 2 is 1.89 bits per heavy atom. The van der Waals surface area contributed by atoms with E-state index in [1.165, 1.54) is 26.2 Å². The van der Waals surface area contributed by atoms with Gasteiger partial charge in [-0.2, -0.15) is 0 Å². The van der Waals surface area contributed by atoms with Gasteiger partial charge in [0.2, 0.25) is 5.91 Å². The van der Waals surface area contributed by atoms with E-state index in [2.05, 4.69) is 10.3 Å². The van der Waals surface area contributed by atoms with Gasteiger partial charge in [0.1, 0.15) is 11.6 Å². The number of alkyl halides is 2. The standard InChI is InChI=1S/C26H28F3N3O3/c1-15(17-5-4-6-18(24(17)27)25(28)29)31-21-7-10-30-22-14-23(35-3)20(13-19(21)22)26(34)8-11-32(12-9-26)16(2)33/h4-7,10,13-15,25,34H,8-9,11-12H2,1-3H3,(H,30,31)/t15-/m1/s1. The molecular weight excluding hydrogens is 459 g/mol. The first-order valence-electron chi connectivity index (χ1n) is 11.4. The van der Waals surface area contributed by atoms with Crippen LogP contribution in [-0.2, 0) is 10.4 Å². The molecule has 2 aromatic carbocycles. The van der Waals surface area contributed by atoms with Crippen LogP contribution in [0.4, 0.5) is 18.9 Å². The molecule has 1 aliphatic heterocycles. The van der Waals surface area contributed by atoms with Crippen LogP contribution in [0, 0.1) is 5.82 Å². The number of aromatic nitrogens is 1. The number of anilines is 1. The molecule has 0 unspecified atom stereocenters. The van der Waals surface area contributed by atoms with Gasteiger partial charge in [0.05, 0.1) is 29.8 Å². The number of carbonyl (C=O) groups excluding carboxylic acids is 1. The smallest absolute Gasteiger partial charge is 0.266 e. The van der Waals surface area contributed by atoms with Crippen LogP contribution in [0.25, 0.3) is 10.9 Å². The van der Waals surface area contributed by atoms with Gasteiger partial charge >= 0.3 is 0 Å². The summed E-state index contributed by atoms with van der Waals surface area (Å²) in [5, 5.41) is 15.4. The fourth-order valence-electron chi connectivity index (χ4n) is 4.68. The average Bonchev–Trinajstić information content (AvgIpc) is 2.83. The zero-order valence-electron chi connectivity index (χ0n) is 19.8. The Balaban J connectivity index is 1.72. The van der Waals surface area contributed by atoms with Crippen molar-refractivity contribution < 1.29 is 27.8 Å². The van der Waals surface area contributed by atoms with E-state index in [1.807, 2.05) is 0 Å². The van der Waals surface area contributed by atoms with E-state index >= 15 is 0 Å². The lowest BCUT2D eigenvalue weighted by Crippen LogP contribution is -2.44. The predicted octanol–water partition coefficient (Wildman–Crippen LogP) is 5.32. The molecule has 1 aromatic heterocycles. The van der Waals surface area contributed by atoms with Crippen LogP contribution in [0.5, 0.6) is 5.75 Å². The molecule has 0 radical (unpaired) electrons. The van der Waals surface area contributed by atoms with Gasteiger partial charge in [0.25, 0.3) is 6.43 Å². The second kappa shape index (κ2) is 9.73. The van der Waals surface area contributed by atoms with Gasteiger partial charge < -0.3 is 20.1 Å². The molecule has 1 saturated heterocycles. The summed E-state index contributed by atoms with van der Waals surface area (Å²) in [5.74, 6) is -0.496. The first-order chi connectivity index (χ1) is 16.6. The van der Waals surface area contributed by atoms with Crippen LogP contribution < -0.4 is 10.1 Å². The Kier molecular flexibility index (Phi) is 6.89. The minimum absolute atomic E-state index is 0.0367. The van der Waals surface area contributed by atoms with Gasteiger partial charge in [-0.25, -0.2) is 13.2 Å². The van der Waals surface area contributed by atoms with Crippen LogP contribution in [0.3, 0.4) is 0 Å². The maximum atomic E-state index is 14.7. The van der Waals surface area contributed by atoms with Crippen molar-refractivity contribution in [3.63, 3.8) is 0 Å². The molecule has 9 heteroatoms. The van der Waals surface area contributed by atoms with Gasteiger partial charge in [-0.3, -0.25) is 9.78 Å². The number of hydrogen-bond acceptors (Lipinski definition) is 5. The summed E-state index contributed by atoms with van der Waals surface area (Å²) >= 11 is 0. The lowest BCUT2D eigenvalue weighted by Gasteiger charge is -2.38. The lowest BCUT2D eigenvalue weighted by atomic mass is 9.83. The van der Waals surface area contributed by atoms with Crippen molar-refractivity contribution in [2.75, 3.05) is 25.5 Å². The van der Waals surface area contributed by atoms with Gasteiger partial charge in [0.15, 0.2) is 0 Å². The molecule has 0 aliphatic carbocycles. The topological polar surface area (TPSA) is 74.7 Å². The van der Waals surface area contributed by atoms with Crippen molar-refractivity contribution >= 4 is 22.5 Å². The Hall–Kier alpha value is -3.33. The summed E-state index contributed by atoms with van der Waals surface area (Å²) < 4.78 is 46.6. The maximum absolute atomic E-state index is 14.7. The van der Waals surface area contributed by atoms with E-state index in [-0.39, 0.29) is 11.5 Å². The Morgan fingerprint density at radius 3 is 2.51 bits per heavy atom. The molecule has 0 saturated carbocycles. The molecular formula is C26H28F3N3O3. The van der Waals surface area contributed by atoms with E-state index in [4.69, 9.17) is 4.74 Å². The van der Waals surface area contributed by atoms with Gasteiger partial charge in [-0.1, -0.05) is 18.2 Å². The third-order valence-corrected chi connectivity index (χ3v) is 6.73. The quantitative estimate of drug-likeness (QED) is 0.492. The molecule has 1 aliphatic rings. The number of amides is 1. The summed E-state index contributed by atoms with van der Waals surface area (Å²) in [6.07, 6.45) is -0.629. The molecule has 6 nitrogen and oxygen atoms in total. The molecule has 4 rings (SSSR count). The van der Waals surface area contributed by atoms with Crippen molar-refractivity contribution in [2.24, 2.45) is 0 Å². The molecule has 1 amide bonds. The second-order valence-corrected chi connectivity index (χ2v) is 8.88. The van der Waals surface area contributed by atoms with E-state index in [1.54, 1.807) is 36.2 Å². The number of pyridine rings is 1. The third-order valence-electron chi connectivity index (χ3n) is 6.73. The number of carbonyl (C=O) groups is 1. The van der Waals surface area contributed by atoms with Crippen molar-refractivity contribution in [3.05, 3.63) is 65.1 Å². The monoisotopic (exact) mass is 487 g/mol. The highest BCUT2D eigenvalue weighted by Gasteiger charge is 2.37. The zero-order valence-corrected chi connectivity index (χ0v) is 19.8. The summed E-state index contributed by atoms with van der Waals surface area (Å²) in [4.78, 5) is 17.8. The average molecular weight is 488 g/mol. The third kappa shape index (κ3) is 4.77. The number of methoxy groups -OCH3 is 1. The molecule has 2 heterocycles. The van der Waals surface area contributed by atoms with Crippen LogP contribution in [0.15, 0.2) is 42.6 Å². The molecule has 186 valence electrons. The van der Waals surface area contributed by atoms with E-state index < -0.39 is 29.4 Å². The summed E-state index contributed by atoms with van der Waals surface area (Å²) in [7, 11) is 1.52. The zero-order chi connectivity index (χ0) is 25.3. The number of ether oxygens (including phenoxy) is 1. The number of benzene rings is 2. The largest absolute Gasteiger partial charge is 0.496 e. The number of halogens is 3. The summed E-state index contributed by atoms with van der Waals surface area (Å²) in [6.45, 7) is 4.03. The fraction of sp³-hybridized carbons (Fsp3) is 0.385. The molecule has 0 bridgehead atoms. The SMILES string of the molecule is COc1cc2nccc(N[C@H](C)c3cccc(C(F)F)c3F)c2cc1C1(O)CCN(C(C)=O)CC1. The molecule has 3 aromatic rings. The number of fused-ring (bicyclic) bond motifs is 1. The number of likely N-dealkylation sites (tertiary alicyclic amines) is 1. The number of aliphatic hydroxyl groups is 1. The minimum atomic E-state index is -2.91. The van der Waals surface area contributed by atoms with Gasteiger partial charge in [-0.15, -0.1) is 0 Å². The van der Waals surface area contributed by atoms with Crippen molar-refractivity contribution in [1.82, 2.24) is 9.88 Å². The Morgan fingerprint density at radius 1 is 1.20 bits per heavy atom. The number of hydrogen-bond donors (Lipinski definition) is 2. The molecule has 1 fully saturated rings. The van der Waals surface area contributed by atoms with Crippen molar-refractivity contribution in [1.29, 1.82) is 0 Å². The molecule has 35 heavy (non-hydrogen) atoms. The Bertz CT molecular complexity index is 1240. The van der Waals surface area contributed by atoms with E-state index in [0.29, 0.717) is 53.8 Å². The fourth-order valence-corrected chi connectivity index (χ4v) is 4.68. The normalized spacial score (nSPS) is 16.4. The second-order valence-electron chi connectivity index (χ2n) is 8.88. The number of piperidine rings is 1. The number of nitrogens with zero attached hydrogens (tertiary/aromatic N) is 2. The molecule has 1 atom stereocenters. The number of nitrogens with one attached hydrogen (secondary N) is 1. The highest BCUT2D eigenvalue weighted by atomic mass is 19.3. The number of rotatable bonds is 6. The van der Waals surface area contributed by atoms with Crippen LogP contribution in [-0.4, -0.2) is 41.1 Å². The first-order valence-corrected chi connectivity index (χ1v) is 11.4. The van der Waals surface area contributed by atoms with Crippen LogP contribution in [0.1, 0.15) is 55.8 Å². The van der Waals surface area contributed by atoms with Crippen molar-refractivity contribution in [2.45, 2.75) is 44.8 Å². The summed E-state index contributed by atoms with van der Waals surface area (Å²) in [6, 6.07) is 8.59. The van der Waals surface area contributed by atoms with Crippen LogP contribution >= 0.6 is 0 Å². The highest BCUT2D eigenvalue weighted by molar-refractivity contribution is 5.93. The lowest BCUT2D eigenvalue weighted by molar-refractivity contribution is -0.133. The predicted molar refractivity (Wildman–Crippen MR) is 127 cm³/mol. The van der Waals surface area contributed by atoms with Gasteiger partial charge in [-0.05, 0) is 31.9 Å². The Labute approximate surface area is 201 Å². The molecule has 0 spiro atoms. The minimum Gasteiger partial charge on any atom is -0.496 e. The van der Waals surface area contributed by atoms with Gasteiger partial charge in [0, 0.05) is 54.5 Å². The van der Waals surface area contributed by atoms with E-state index in [0.717, 1.165) is 6.07 Å². The molecule has 2 N–H and O–H groups in total. The van der Waals surface area contributed by atoms with E-state index in [9.17, 15) is 23.1 Å². The van der Waals surface area contributed by atoms with Crippen molar-refractivity contribution in [3.8, 4) is 5.75 Å². The summed E-state index contributed by atoms with van der Waals surface area (Å²) in [5.41, 5.74) is 0.0540. The maximum Gasteiger partial charge on any atom is 0.266 e.